The third-order valence-electron chi connectivity index (χ3n) is 12.4. The van der Waals surface area contributed by atoms with Gasteiger partial charge < -0.3 is 39.2 Å². The van der Waals surface area contributed by atoms with Crippen LogP contribution in [0.2, 0.25) is 0 Å². The number of benzene rings is 2. The van der Waals surface area contributed by atoms with E-state index in [1.165, 1.54) is 33.4 Å². The fourth-order valence-electron chi connectivity index (χ4n) is 8.57. The van der Waals surface area contributed by atoms with Crippen LogP contribution in [0.1, 0.15) is 70.0 Å². The lowest BCUT2D eigenvalue weighted by atomic mass is 9.78. The van der Waals surface area contributed by atoms with Crippen LogP contribution in [-0.4, -0.2) is 129 Å². The molecule has 60 heavy (non-hydrogen) atoms. The van der Waals surface area contributed by atoms with E-state index in [2.05, 4.69) is 9.89 Å². The smallest absolute Gasteiger partial charge is 0.312 e. The van der Waals surface area contributed by atoms with Crippen LogP contribution >= 0.6 is 0 Å². The molecule has 3 aliphatic rings. The highest BCUT2D eigenvalue weighted by molar-refractivity contribution is 6.26. The predicted octanol–water partition coefficient (Wildman–Crippen LogP) is 3.74. The predicted molar refractivity (Wildman–Crippen MR) is 225 cm³/mol. The number of carbonyl (C=O) groups excluding carboxylic acids is 3. The quantitative estimate of drug-likeness (QED) is 0.254. The van der Waals surface area contributed by atoms with Crippen LogP contribution < -0.4 is 10.1 Å². The number of hydrazone groups is 1. The lowest BCUT2D eigenvalue weighted by Crippen LogP contribution is -2.46. The minimum Gasteiger partial charge on any atom is -0.507 e. The number of allylic oxidation sites excluding steroid dienone is 2. The fourth-order valence-corrected chi connectivity index (χ4v) is 8.57. The second-order valence-electron chi connectivity index (χ2n) is 16.7. The van der Waals surface area contributed by atoms with Crippen molar-refractivity contribution >= 4 is 45.7 Å². The molecule has 6 rings (SSSR count). The number of carbonyl (C=O) groups is 3. The van der Waals surface area contributed by atoms with Crippen molar-refractivity contribution in [2.24, 2.45) is 40.8 Å². The summed E-state index contributed by atoms with van der Waals surface area (Å²) < 4.78 is 25.7. The maximum Gasteiger partial charge on any atom is 0.312 e. The van der Waals surface area contributed by atoms with Gasteiger partial charge in [-0.2, -0.15) is 10.2 Å². The number of aromatic hydroxyl groups is 1. The second kappa shape index (κ2) is 17.4. The van der Waals surface area contributed by atoms with E-state index in [-0.39, 0.29) is 44.5 Å². The van der Waals surface area contributed by atoms with Gasteiger partial charge in [0.1, 0.15) is 28.5 Å². The zero-order valence-corrected chi connectivity index (χ0v) is 36.3. The van der Waals surface area contributed by atoms with Crippen molar-refractivity contribution in [1.82, 2.24) is 19.7 Å². The molecule has 9 atom stereocenters. The lowest BCUT2D eigenvalue weighted by molar-refractivity contribution is -0.160. The first-order chi connectivity index (χ1) is 28.3. The van der Waals surface area contributed by atoms with E-state index in [0.717, 1.165) is 13.1 Å². The van der Waals surface area contributed by atoms with Crippen molar-refractivity contribution in [1.29, 1.82) is 0 Å². The molecule has 0 unspecified atom stereocenters. The molecule has 1 amide bonds. The van der Waals surface area contributed by atoms with Crippen LogP contribution in [0.15, 0.2) is 46.2 Å². The number of hydrogen-bond donors (Lipinski definition) is 3. The van der Waals surface area contributed by atoms with E-state index >= 15 is 0 Å². The summed E-state index contributed by atoms with van der Waals surface area (Å²) in [5.41, 5.74) is 1.81. The van der Waals surface area contributed by atoms with Crippen molar-refractivity contribution in [2.45, 2.75) is 85.6 Å². The Bertz CT molecular complexity index is 2340. The maximum absolute atomic E-state index is 14.6. The number of fused-ring (bicyclic) bond motifs is 4. The number of phenols is 1. The number of piperazine rings is 1. The number of amides is 1. The van der Waals surface area contributed by atoms with Crippen molar-refractivity contribution < 1.29 is 48.7 Å². The van der Waals surface area contributed by atoms with Crippen molar-refractivity contribution in [2.75, 3.05) is 40.3 Å². The highest BCUT2D eigenvalue weighted by atomic mass is 16.7. The van der Waals surface area contributed by atoms with Crippen LogP contribution in [0.3, 0.4) is 0 Å². The van der Waals surface area contributed by atoms with E-state index < -0.39 is 71.5 Å². The van der Waals surface area contributed by atoms with Gasteiger partial charge in [0, 0.05) is 99.8 Å². The zero-order valence-electron chi connectivity index (χ0n) is 36.3. The minimum absolute atomic E-state index is 0.0778. The molecule has 16 heteroatoms. The molecule has 1 fully saturated rings. The first kappa shape index (κ1) is 44.4. The molecule has 1 saturated heterocycles. The van der Waals surface area contributed by atoms with Gasteiger partial charge in [-0.15, -0.1) is 0 Å². The largest absolute Gasteiger partial charge is 0.507 e. The summed E-state index contributed by atoms with van der Waals surface area (Å²) in [6, 6.07) is 0. The van der Waals surface area contributed by atoms with Gasteiger partial charge in [0.2, 0.25) is 0 Å². The number of esters is 1. The summed E-state index contributed by atoms with van der Waals surface area (Å²) in [4.78, 5) is 47.7. The Morgan fingerprint density at radius 3 is 2.33 bits per heavy atom. The summed E-state index contributed by atoms with van der Waals surface area (Å²) in [6.07, 6.45) is 5.56. The summed E-state index contributed by atoms with van der Waals surface area (Å²) in [5.74, 6) is -6.09. The standard InChI is InChI=1S/C44H58N6O10/c1-22-13-12-14-23(2)43(56)46-34-29(21-45-50-18-16-48(9)17-19-50)39(54)31-32-35(34)47-49(10)36(32)25(4)41-33(31)42(55)44(8,60-41)58-20-15-30(57-11)24(3)40(59-28(7)51)27(6)38(53)26(5)37(22)52/h12-15,20-22,24,26-27,30,37-38,40,52-54H,16-19H2,1-11H3/b13-12+,20-15+,23-14-,45-21+,46-34?/t22-,24+,26+,27+,30-,37-,38+,40+,44-/m0/s1. The Balaban J connectivity index is 1.57. The summed E-state index contributed by atoms with van der Waals surface area (Å²) in [6.45, 7) is 16.0. The number of nitrogens with zero attached hydrogens (tertiary/aromatic N) is 6. The van der Waals surface area contributed by atoms with Crippen LogP contribution in [0.5, 0.6) is 11.5 Å². The number of aryl methyl sites for hydroxylation is 2. The molecule has 4 bridgehead atoms. The topological polar surface area (TPSA) is 198 Å². The third kappa shape index (κ3) is 8.17. The number of likely N-dealkylation sites (N-methyl/N-ethyl adjacent to an activating group) is 1. The van der Waals surface area contributed by atoms with E-state index in [0.29, 0.717) is 29.6 Å². The van der Waals surface area contributed by atoms with Crippen molar-refractivity contribution in [3.05, 3.63) is 58.2 Å². The molecule has 3 aliphatic heterocycles. The highest BCUT2D eigenvalue weighted by Gasteiger charge is 2.49. The molecule has 0 spiro atoms. The Hall–Kier alpha value is -5.16. The molecule has 2 aromatic carbocycles. The second-order valence-corrected chi connectivity index (χ2v) is 16.7. The Morgan fingerprint density at radius 2 is 1.68 bits per heavy atom. The number of ketones is 1. The number of Topliss-reactive ketones (excluding diaryl/α,β-unsaturated/α-hetero) is 1. The van der Waals surface area contributed by atoms with E-state index in [9.17, 15) is 29.7 Å². The van der Waals surface area contributed by atoms with Crippen molar-refractivity contribution in [3.8, 4) is 11.5 Å². The molecule has 1 aromatic heterocycles. The fraction of sp³-hybridized carbons (Fsp3) is 0.545. The van der Waals surface area contributed by atoms with Gasteiger partial charge in [0.05, 0.1) is 47.4 Å². The molecule has 3 N–H and O–H groups in total. The highest BCUT2D eigenvalue weighted by Crippen LogP contribution is 2.49. The van der Waals surface area contributed by atoms with Crippen molar-refractivity contribution in [3.63, 3.8) is 0 Å². The van der Waals surface area contributed by atoms with E-state index in [1.807, 2.05) is 12.1 Å². The molecule has 0 saturated carbocycles. The third-order valence-corrected chi connectivity index (χ3v) is 12.4. The first-order valence-corrected chi connectivity index (χ1v) is 20.4. The normalized spacial score (nSPS) is 31.9. The molecule has 0 radical (unpaired) electrons. The number of aliphatic hydroxyl groups is 2. The summed E-state index contributed by atoms with van der Waals surface area (Å²) >= 11 is 0. The summed E-state index contributed by atoms with van der Waals surface area (Å²) in [7, 11) is 5.23. The first-order valence-electron chi connectivity index (χ1n) is 20.4. The number of ether oxygens (including phenoxy) is 4. The monoisotopic (exact) mass is 830 g/mol. The summed E-state index contributed by atoms with van der Waals surface area (Å²) in [5, 5.41) is 47.3. The average molecular weight is 831 g/mol. The van der Waals surface area contributed by atoms with Gasteiger partial charge >= 0.3 is 11.8 Å². The van der Waals surface area contributed by atoms with Gasteiger partial charge in [-0.25, -0.2) is 4.99 Å². The minimum atomic E-state index is -1.89. The number of aromatic nitrogens is 2. The lowest BCUT2D eigenvalue weighted by Gasteiger charge is -2.38. The van der Waals surface area contributed by atoms with E-state index in [4.69, 9.17) is 29.1 Å². The molecular weight excluding hydrogens is 773 g/mol. The Labute approximate surface area is 349 Å². The number of methoxy groups -OCH3 is 1. The number of hydrogen-bond acceptors (Lipinski definition) is 14. The van der Waals surface area contributed by atoms with Crippen LogP contribution in [0.25, 0.3) is 21.8 Å². The average Bonchev–Trinajstić information content (AvgIpc) is 3.69. The van der Waals surface area contributed by atoms with Gasteiger partial charge in [-0.1, -0.05) is 45.9 Å². The SMILES string of the molecule is CO[C@H]1/C=C/O[C@@]2(C)Oc3c(c4c(O)c(/C=N/N5CCN(C)CC5)c(c5nn(C)c(c3C)c45)=NC(=O)/C(C)=C\C=C\[C@H](C)[C@H](O)[C@@H](C)[C@@H](O)[C@@H](C)[C@H](OC(C)=O)[C@@H]1C)C2=O. The maximum atomic E-state index is 14.6. The van der Waals surface area contributed by atoms with E-state index in [1.54, 1.807) is 77.6 Å². The number of phenolic OH excluding ortho intramolecular Hbond substituents is 1. The molecule has 3 aromatic rings. The Morgan fingerprint density at radius 1 is 1.00 bits per heavy atom. The Kier molecular flexibility index (Phi) is 12.9. The van der Waals surface area contributed by atoms with Gasteiger partial charge in [0.25, 0.3) is 11.7 Å². The molecular formula is C44H58N6O10. The van der Waals surface area contributed by atoms with Gasteiger partial charge in [0.15, 0.2) is 0 Å². The molecule has 0 aliphatic carbocycles. The van der Waals surface area contributed by atoms with Crippen LogP contribution in [-0.2, 0) is 30.8 Å². The number of aliphatic hydroxyl groups excluding tert-OH is 2. The molecule has 16 nitrogen and oxygen atoms in total. The van der Waals surface area contributed by atoms with Gasteiger partial charge in [-0.05, 0) is 27.0 Å². The van der Waals surface area contributed by atoms with Crippen LogP contribution in [0.4, 0.5) is 0 Å². The zero-order chi connectivity index (χ0) is 44.0. The molecule has 324 valence electrons. The molecule has 4 heterocycles. The van der Waals surface area contributed by atoms with Crippen LogP contribution in [0, 0.1) is 30.6 Å². The van der Waals surface area contributed by atoms with Gasteiger partial charge in [-0.3, -0.25) is 24.1 Å². The number of rotatable bonds is 4.